The number of hydrogen-bond acceptors (Lipinski definition) is 4. The molecule has 0 saturated carbocycles. The first-order chi connectivity index (χ1) is 11.8. The van der Waals surface area contributed by atoms with E-state index in [9.17, 15) is 13.2 Å². The lowest BCUT2D eigenvalue weighted by atomic mass is 9.88. The topological polar surface area (TPSA) is 47.6 Å². The highest BCUT2D eigenvalue weighted by Crippen LogP contribution is 2.37. The zero-order valence-electron chi connectivity index (χ0n) is 13.5. The van der Waals surface area contributed by atoms with Crippen LogP contribution >= 0.6 is 11.8 Å². The van der Waals surface area contributed by atoms with Crippen molar-refractivity contribution < 1.29 is 17.9 Å². The van der Waals surface area contributed by atoms with Crippen LogP contribution in [-0.4, -0.2) is 17.3 Å². The highest BCUT2D eigenvalue weighted by atomic mass is 32.2. The fraction of sp³-hybridized carbons (Fsp3) is 0.278. The van der Waals surface area contributed by atoms with Gasteiger partial charge in [-0.2, -0.15) is 0 Å². The standard InChI is InChI=1S/C18H17F3N2OS/c1-17(8-9-25-16(22)23-17)14-6-2-4-12(10-14)13-5-3-7-15(11-13)24-18(19,20)21/h2-7,10-11H,8-9H2,1H3,(H2,22,23)/t17-/m0/s1. The van der Waals surface area contributed by atoms with Crippen molar-refractivity contribution in [1.82, 2.24) is 0 Å². The summed E-state index contributed by atoms with van der Waals surface area (Å²) in [5, 5.41) is 0.555. The molecule has 0 radical (unpaired) electrons. The van der Waals surface area contributed by atoms with Crippen LogP contribution in [0.3, 0.4) is 0 Å². The van der Waals surface area contributed by atoms with E-state index in [1.165, 1.54) is 30.0 Å². The van der Waals surface area contributed by atoms with Gasteiger partial charge in [-0.15, -0.1) is 13.2 Å². The molecule has 0 fully saturated rings. The Hall–Kier alpha value is -2.15. The van der Waals surface area contributed by atoms with Crippen molar-refractivity contribution >= 4 is 16.9 Å². The van der Waals surface area contributed by atoms with Crippen LogP contribution < -0.4 is 10.5 Å². The van der Waals surface area contributed by atoms with Gasteiger partial charge < -0.3 is 10.5 Å². The minimum atomic E-state index is -4.71. The summed E-state index contributed by atoms with van der Waals surface area (Å²) < 4.78 is 41.3. The van der Waals surface area contributed by atoms with Gasteiger partial charge in [0.1, 0.15) is 5.75 Å². The molecule has 0 unspecified atom stereocenters. The molecular weight excluding hydrogens is 349 g/mol. The number of benzene rings is 2. The summed E-state index contributed by atoms with van der Waals surface area (Å²) in [4.78, 5) is 4.57. The van der Waals surface area contributed by atoms with Gasteiger partial charge in [0.15, 0.2) is 5.17 Å². The third kappa shape index (κ3) is 4.28. The Labute approximate surface area is 148 Å². The molecule has 132 valence electrons. The van der Waals surface area contributed by atoms with Gasteiger partial charge in [-0.25, -0.2) is 0 Å². The molecule has 2 aromatic rings. The van der Waals surface area contributed by atoms with Crippen LogP contribution in [0.5, 0.6) is 5.75 Å². The van der Waals surface area contributed by atoms with E-state index < -0.39 is 11.9 Å². The maximum atomic E-state index is 12.4. The Morgan fingerprint density at radius 3 is 2.48 bits per heavy atom. The van der Waals surface area contributed by atoms with E-state index in [-0.39, 0.29) is 5.75 Å². The molecular formula is C18H17F3N2OS. The van der Waals surface area contributed by atoms with Crippen LogP contribution in [0.4, 0.5) is 13.2 Å². The van der Waals surface area contributed by atoms with Crippen molar-refractivity contribution in [2.75, 3.05) is 5.75 Å². The summed E-state index contributed by atoms with van der Waals surface area (Å²) in [5.41, 5.74) is 7.87. The van der Waals surface area contributed by atoms with Gasteiger partial charge in [-0.05, 0) is 48.2 Å². The van der Waals surface area contributed by atoms with Crippen molar-refractivity contribution in [1.29, 1.82) is 0 Å². The number of amidine groups is 1. The summed E-state index contributed by atoms with van der Waals surface area (Å²) in [5.74, 6) is 0.642. The van der Waals surface area contributed by atoms with Crippen LogP contribution in [0, 0.1) is 0 Å². The second kappa shape index (κ2) is 6.63. The highest BCUT2D eigenvalue weighted by Gasteiger charge is 2.31. The first-order valence-electron chi connectivity index (χ1n) is 7.70. The van der Waals surface area contributed by atoms with E-state index in [1.54, 1.807) is 6.07 Å². The Morgan fingerprint density at radius 2 is 1.80 bits per heavy atom. The Kier molecular flexibility index (Phi) is 4.69. The van der Waals surface area contributed by atoms with Gasteiger partial charge in [-0.1, -0.05) is 42.1 Å². The molecule has 0 spiro atoms. The zero-order valence-corrected chi connectivity index (χ0v) is 14.3. The zero-order chi connectivity index (χ0) is 18.1. The number of thioether (sulfide) groups is 1. The molecule has 25 heavy (non-hydrogen) atoms. The van der Waals surface area contributed by atoms with Crippen molar-refractivity contribution in [3.05, 3.63) is 54.1 Å². The number of aliphatic imine (C=N–C) groups is 1. The fourth-order valence-electron chi connectivity index (χ4n) is 2.80. The normalized spacial score (nSPS) is 20.9. The second-order valence-corrected chi connectivity index (χ2v) is 7.09. The lowest BCUT2D eigenvalue weighted by molar-refractivity contribution is -0.274. The molecule has 0 saturated heterocycles. The average Bonchev–Trinajstić information content (AvgIpc) is 2.53. The molecule has 3 nitrogen and oxygen atoms in total. The molecule has 1 atom stereocenters. The summed E-state index contributed by atoms with van der Waals surface area (Å²) >= 11 is 1.53. The van der Waals surface area contributed by atoms with E-state index >= 15 is 0 Å². The van der Waals surface area contributed by atoms with E-state index in [0.29, 0.717) is 10.7 Å². The van der Waals surface area contributed by atoms with Gasteiger partial charge >= 0.3 is 6.36 Å². The first kappa shape index (κ1) is 17.7. The third-order valence-electron chi connectivity index (χ3n) is 4.08. The van der Waals surface area contributed by atoms with Gasteiger partial charge in [0.2, 0.25) is 0 Å². The van der Waals surface area contributed by atoms with Gasteiger partial charge in [0.05, 0.1) is 5.54 Å². The Balaban J connectivity index is 1.95. The molecule has 1 heterocycles. The Morgan fingerprint density at radius 1 is 1.12 bits per heavy atom. The van der Waals surface area contributed by atoms with Crippen LogP contribution in [0.2, 0.25) is 0 Å². The molecule has 2 N–H and O–H groups in total. The summed E-state index contributed by atoms with van der Waals surface area (Å²) in [7, 11) is 0. The molecule has 7 heteroatoms. The number of ether oxygens (including phenoxy) is 1. The maximum absolute atomic E-state index is 12.4. The highest BCUT2D eigenvalue weighted by molar-refractivity contribution is 8.13. The van der Waals surface area contributed by atoms with E-state index in [4.69, 9.17) is 5.73 Å². The SMILES string of the molecule is C[C@@]1(c2cccc(-c3cccc(OC(F)(F)F)c3)c2)CCSC(N)=N1. The van der Waals surface area contributed by atoms with Gasteiger partial charge in [-0.3, -0.25) is 4.99 Å². The van der Waals surface area contributed by atoms with Crippen LogP contribution in [0.1, 0.15) is 18.9 Å². The maximum Gasteiger partial charge on any atom is 0.573 e. The molecule has 2 aromatic carbocycles. The number of hydrogen-bond donors (Lipinski definition) is 1. The lowest BCUT2D eigenvalue weighted by Gasteiger charge is -2.30. The van der Waals surface area contributed by atoms with Crippen molar-refractivity contribution in [3.8, 4) is 16.9 Å². The lowest BCUT2D eigenvalue weighted by Crippen LogP contribution is -2.28. The predicted octanol–water partition coefficient (Wildman–Crippen LogP) is 4.92. The summed E-state index contributed by atoms with van der Waals surface area (Å²) in [6.45, 7) is 2.02. The van der Waals surface area contributed by atoms with E-state index in [2.05, 4.69) is 9.73 Å². The second-order valence-electron chi connectivity index (χ2n) is 5.98. The van der Waals surface area contributed by atoms with Crippen LogP contribution in [0.15, 0.2) is 53.5 Å². The van der Waals surface area contributed by atoms with Crippen LogP contribution in [-0.2, 0) is 5.54 Å². The number of alkyl halides is 3. The number of nitrogens with zero attached hydrogens (tertiary/aromatic N) is 1. The average molecular weight is 366 g/mol. The summed E-state index contributed by atoms with van der Waals surface area (Å²) in [6, 6.07) is 13.6. The number of nitrogens with two attached hydrogens (primary N) is 1. The van der Waals surface area contributed by atoms with E-state index in [1.807, 2.05) is 31.2 Å². The minimum absolute atomic E-state index is 0.238. The molecule has 1 aliphatic rings. The Bertz CT molecular complexity index is 807. The molecule has 0 amide bonds. The minimum Gasteiger partial charge on any atom is -0.406 e. The molecule has 3 rings (SSSR count). The number of halogens is 3. The third-order valence-corrected chi connectivity index (χ3v) is 4.88. The fourth-order valence-corrected chi connectivity index (χ4v) is 3.78. The van der Waals surface area contributed by atoms with Crippen molar-refractivity contribution in [3.63, 3.8) is 0 Å². The van der Waals surface area contributed by atoms with E-state index in [0.717, 1.165) is 23.3 Å². The van der Waals surface area contributed by atoms with Gasteiger partial charge in [0, 0.05) is 5.75 Å². The number of rotatable bonds is 3. The van der Waals surface area contributed by atoms with Crippen molar-refractivity contribution in [2.24, 2.45) is 10.7 Å². The smallest absolute Gasteiger partial charge is 0.406 e. The van der Waals surface area contributed by atoms with Gasteiger partial charge in [0.25, 0.3) is 0 Å². The largest absolute Gasteiger partial charge is 0.573 e. The monoisotopic (exact) mass is 366 g/mol. The first-order valence-corrected chi connectivity index (χ1v) is 8.69. The molecule has 0 bridgehead atoms. The molecule has 0 aromatic heterocycles. The molecule has 0 aliphatic carbocycles. The van der Waals surface area contributed by atoms with Crippen molar-refractivity contribution in [2.45, 2.75) is 25.2 Å². The van der Waals surface area contributed by atoms with Crippen LogP contribution in [0.25, 0.3) is 11.1 Å². The predicted molar refractivity (Wildman–Crippen MR) is 94.6 cm³/mol. The quantitative estimate of drug-likeness (QED) is 0.839. The summed E-state index contributed by atoms with van der Waals surface area (Å²) in [6.07, 6.45) is -3.86. The molecule has 1 aliphatic heterocycles.